The van der Waals surface area contributed by atoms with Crippen LogP contribution in [0.4, 0.5) is 0 Å². The number of pyridine rings is 2. The van der Waals surface area contributed by atoms with E-state index in [1.807, 2.05) is 12.1 Å². The Labute approximate surface area is 198 Å². The van der Waals surface area contributed by atoms with Crippen LogP contribution in [0.15, 0.2) is 45.7 Å². The van der Waals surface area contributed by atoms with Crippen LogP contribution in [0.25, 0.3) is 33.1 Å². The molecule has 0 fully saturated rings. The van der Waals surface area contributed by atoms with Gasteiger partial charge in [0, 0.05) is 21.0 Å². The summed E-state index contributed by atoms with van der Waals surface area (Å²) in [5, 5.41) is 13.8. The minimum Gasteiger partial charge on any atom is -0.458 e. The Balaban J connectivity index is 1.69. The normalized spacial score (nSPS) is 16.8. The average molecular weight is 505 g/mol. The molecule has 4 heterocycles. The summed E-state index contributed by atoms with van der Waals surface area (Å²) in [6, 6.07) is 12.1. The molecule has 0 bridgehead atoms. The lowest BCUT2D eigenvalue weighted by Gasteiger charge is -2.21. The standard InChI is InChI=1S/C26H21BrN2O4/c1-12(2)7-16-18-10-29-21(9-17-19(25(29)31)11-33-26(32)24(17)30)23(18)28-20-6-4-13-3-5-14(27)8-15(13)22(16)20/h3-6,8-9,12,24,30H,7,10-11H2,1-2H3. The average Bonchev–Trinajstić information content (AvgIpc) is 3.15. The van der Waals surface area contributed by atoms with Crippen molar-refractivity contribution in [1.29, 1.82) is 0 Å². The van der Waals surface area contributed by atoms with Gasteiger partial charge in [0.05, 0.1) is 29.0 Å². The molecule has 2 aliphatic heterocycles. The number of esters is 1. The zero-order valence-electron chi connectivity index (χ0n) is 18.2. The summed E-state index contributed by atoms with van der Waals surface area (Å²) in [5.74, 6) is -0.322. The van der Waals surface area contributed by atoms with Gasteiger partial charge in [0.15, 0.2) is 6.10 Å². The molecule has 33 heavy (non-hydrogen) atoms. The van der Waals surface area contributed by atoms with E-state index in [0.29, 0.717) is 29.3 Å². The van der Waals surface area contributed by atoms with Crippen LogP contribution >= 0.6 is 15.9 Å². The summed E-state index contributed by atoms with van der Waals surface area (Å²) in [5.41, 5.74) is 4.91. The number of aliphatic hydroxyl groups excluding tert-OH is 1. The highest BCUT2D eigenvalue weighted by Crippen LogP contribution is 2.41. The van der Waals surface area contributed by atoms with Gasteiger partial charge in [0.2, 0.25) is 0 Å². The van der Waals surface area contributed by atoms with Gasteiger partial charge in [-0.3, -0.25) is 4.79 Å². The molecule has 1 N–H and O–H groups in total. The van der Waals surface area contributed by atoms with Gasteiger partial charge < -0.3 is 14.4 Å². The first-order valence-electron chi connectivity index (χ1n) is 11.0. The highest BCUT2D eigenvalue weighted by atomic mass is 79.9. The summed E-state index contributed by atoms with van der Waals surface area (Å²) in [7, 11) is 0. The number of hydrogen-bond donors (Lipinski definition) is 1. The van der Waals surface area contributed by atoms with E-state index < -0.39 is 12.1 Å². The number of benzene rings is 2. The van der Waals surface area contributed by atoms with Crippen molar-refractivity contribution < 1.29 is 14.6 Å². The molecule has 1 unspecified atom stereocenters. The Morgan fingerprint density at radius 3 is 2.76 bits per heavy atom. The monoisotopic (exact) mass is 504 g/mol. The van der Waals surface area contributed by atoms with E-state index in [2.05, 4.69) is 48.0 Å². The van der Waals surface area contributed by atoms with E-state index in [1.54, 1.807) is 10.6 Å². The zero-order chi connectivity index (χ0) is 23.0. The summed E-state index contributed by atoms with van der Waals surface area (Å²) in [6.45, 7) is 4.67. The van der Waals surface area contributed by atoms with E-state index in [1.165, 1.54) is 5.56 Å². The number of halogens is 1. The van der Waals surface area contributed by atoms with Crippen LogP contribution in [0.2, 0.25) is 0 Å². The molecule has 0 aliphatic carbocycles. The molecule has 7 heteroatoms. The van der Waals surface area contributed by atoms with E-state index in [9.17, 15) is 14.7 Å². The Hall–Kier alpha value is -3.03. The van der Waals surface area contributed by atoms with Gasteiger partial charge in [0.1, 0.15) is 6.61 Å². The summed E-state index contributed by atoms with van der Waals surface area (Å²) >= 11 is 3.61. The highest BCUT2D eigenvalue weighted by Gasteiger charge is 2.34. The second-order valence-electron chi connectivity index (χ2n) is 9.21. The predicted molar refractivity (Wildman–Crippen MR) is 129 cm³/mol. The Morgan fingerprint density at radius 1 is 1.18 bits per heavy atom. The van der Waals surface area contributed by atoms with Crippen molar-refractivity contribution in [3.05, 3.63) is 73.5 Å². The first kappa shape index (κ1) is 20.6. The van der Waals surface area contributed by atoms with Crippen molar-refractivity contribution in [1.82, 2.24) is 9.55 Å². The fourth-order valence-electron chi connectivity index (χ4n) is 5.15. The molecule has 0 saturated carbocycles. The molecule has 2 aromatic carbocycles. The largest absolute Gasteiger partial charge is 0.458 e. The SMILES string of the molecule is CC(C)Cc1c2c(nc3ccc4ccc(Br)cc4c13)-c1cc3c(c(=O)n1C2)COC(=O)C3O. The molecule has 0 amide bonds. The maximum atomic E-state index is 13.3. The molecule has 0 radical (unpaired) electrons. The van der Waals surface area contributed by atoms with Gasteiger partial charge >= 0.3 is 5.97 Å². The first-order valence-corrected chi connectivity index (χ1v) is 11.8. The van der Waals surface area contributed by atoms with Crippen LogP contribution in [-0.2, 0) is 29.1 Å². The Morgan fingerprint density at radius 2 is 1.97 bits per heavy atom. The first-order chi connectivity index (χ1) is 15.8. The van der Waals surface area contributed by atoms with Crippen molar-refractivity contribution in [2.45, 2.75) is 39.5 Å². The number of rotatable bonds is 2. The summed E-state index contributed by atoms with van der Waals surface area (Å²) in [4.78, 5) is 30.3. The number of carbonyl (C=O) groups is 1. The molecule has 6 rings (SSSR count). The van der Waals surface area contributed by atoms with Gasteiger partial charge in [-0.2, -0.15) is 0 Å². The highest BCUT2D eigenvalue weighted by molar-refractivity contribution is 9.10. The molecular formula is C26H21BrN2O4. The number of fused-ring (bicyclic) bond motifs is 7. The molecular weight excluding hydrogens is 484 g/mol. The van der Waals surface area contributed by atoms with Crippen molar-refractivity contribution in [2.24, 2.45) is 5.92 Å². The molecule has 2 aromatic heterocycles. The number of aromatic nitrogens is 2. The van der Waals surface area contributed by atoms with E-state index in [0.717, 1.165) is 43.8 Å². The molecule has 4 aromatic rings. The summed E-state index contributed by atoms with van der Waals surface area (Å²) in [6.07, 6.45) is -0.604. The van der Waals surface area contributed by atoms with Gasteiger partial charge in [-0.05, 0) is 52.9 Å². The number of cyclic esters (lactones) is 1. The molecule has 2 aliphatic rings. The number of nitrogens with zero attached hydrogens (tertiary/aromatic N) is 2. The van der Waals surface area contributed by atoms with Gasteiger partial charge in [-0.25, -0.2) is 9.78 Å². The molecule has 166 valence electrons. The van der Waals surface area contributed by atoms with E-state index in [-0.39, 0.29) is 12.2 Å². The van der Waals surface area contributed by atoms with Crippen molar-refractivity contribution in [2.75, 3.05) is 0 Å². The Bertz CT molecular complexity index is 1570. The van der Waals surface area contributed by atoms with Crippen molar-refractivity contribution in [3.63, 3.8) is 0 Å². The van der Waals surface area contributed by atoms with Gasteiger partial charge in [-0.1, -0.05) is 41.9 Å². The molecule has 6 nitrogen and oxygen atoms in total. The third-order valence-electron chi connectivity index (χ3n) is 6.63. The molecule has 0 saturated heterocycles. The van der Waals surface area contributed by atoms with Crippen LogP contribution in [0.5, 0.6) is 0 Å². The third-order valence-corrected chi connectivity index (χ3v) is 7.12. The molecule has 0 spiro atoms. The minimum absolute atomic E-state index is 0.117. The third kappa shape index (κ3) is 2.99. The maximum Gasteiger partial charge on any atom is 0.340 e. The van der Waals surface area contributed by atoms with Crippen LogP contribution in [0.1, 0.15) is 42.2 Å². The van der Waals surface area contributed by atoms with Gasteiger partial charge in [-0.15, -0.1) is 0 Å². The van der Waals surface area contributed by atoms with E-state index in [4.69, 9.17) is 9.72 Å². The number of ether oxygens (including phenoxy) is 1. The lowest BCUT2D eigenvalue weighted by Crippen LogP contribution is -2.32. The number of aliphatic hydroxyl groups is 1. The number of hydrogen-bond acceptors (Lipinski definition) is 5. The van der Waals surface area contributed by atoms with E-state index >= 15 is 0 Å². The minimum atomic E-state index is -1.45. The summed E-state index contributed by atoms with van der Waals surface area (Å²) < 4.78 is 7.71. The quantitative estimate of drug-likeness (QED) is 0.280. The molecule has 1 atom stereocenters. The fraction of sp³-hybridized carbons (Fsp3) is 0.269. The lowest BCUT2D eigenvalue weighted by atomic mass is 9.90. The van der Waals surface area contributed by atoms with Crippen LogP contribution in [0.3, 0.4) is 0 Å². The smallest absolute Gasteiger partial charge is 0.340 e. The van der Waals surface area contributed by atoms with Gasteiger partial charge in [0.25, 0.3) is 5.56 Å². The maximum absolute atomic E-state index is 13.3. The van der Waals surface area contributed by atoms with Crippen LogP contribution in [-0.4, -0.2) is 20.6 Å². The van der Waals surface area contributed by atoms with Crippen LogP contribution in [0, 0.1) is 5.92 Å². The number of carbonyl (C=O) groups excluding carboxylic acids is 1. The second-order valence-corrected chi connectivity index (χ2v) is 10.1. The van der Waals surface area contributed by atoms with Crippen molar-refractivity contribution in [3.8, 4) is 11.4 Å². The van der Waals surface area contributed by atoms with Crippen molar-refractivity contribution >= 4 is 43.6 Å². The fourth-order valence-corrected chi connectivity index (χ4v) is 5.51. The lowest BCUT2D eigenvalue weighted by molar-refractivity contribution is -0.157. The second kappa shape index (κ2) is 7.23. The zero-order valence-corrected chi connectivity index (χ0v) is 19.8. The topological polar surface area (TPSA) is 81.4 Å². The Kier molecular flexibility index (Phi) is 4.51. The predicted octanol–water partition coefficient (Wildman–Crippen LogP) is 4.63. The van der Waals surface area contributed by atoms with Crippen LogP contribution < -0.4 is 5.56 Å².